The van der Waals surface area contributed by atoms with E-state index in [1.165, 1.54) is 5.56 Å². The number of ether oxygens (including phenoxy) is 2. The number of hydrogen-bond acceptors (Lipinski definition) is 5. The number of benzene rings is 1. The molecule has 1 aliphatic heterocycles. The van der Waals surface area contributed by atoms with Crippen molar-refractivity contribution >= 4 is 5.91 Å². The van der Waals surface area contributed by atoms with Gasteiger partial charge in [0.2, 0.25) is 0 Å². The van der Waals surface area contributed by atoms with Gasteiger partial charge >= 0.3 is 0 Å². The molecule has 0 bridgehead atoms. The second-order valence-electron chi connectivity index (χ2n) is 6.49. The summed E-state index contributed by atoms with van der Waals surface area (Å²) in [6.45, 7) is 5.30. The van der Waals surface area contributed by atoms with Crippen LogP contribution in [0.3, 0.4) is 0 Å². The second-order valence-corrected chi connectivity index (χ2v) is 6.49. The van der Waals surface area contributed by atoms with E-state index < -0.39 is 0 Å². The van der Waals surface area contributed by atoms with Gasteiger partial charge in [-0.15, -0.1) is 0 Å². The number of carbonyl (C=O) groups is 1. The topological polar surface area (TPSA) is 63.9 Å². The Bertz CT molecular complexity index is 752. The number of fused-ring (bicyclic) bond motifs is 1. The number of nitrogens with zero attached hydrogens (tertiary/aromatic N) is 1. The maximum Gasteiger partial charge on any atom is 0.255 e. The summed E-state index contributed by atoms with van der Waals surface area (Å²) in [5, 5.41) is 2.90. The molecule has 6 heteroatoms. The van der Waals surface area contributed by atoms with E-state index in [0.29, 0.717) is 31.0 Å². The summed E-state index contributed by atoms with van der Waals surface area (Å²) in [7, 11) is 3.29. The molecule has 0 spiro atoms. The van der Waals surface area contributed by atoms with E-state index in [2.05, 4.69) is 22.3 Å². The van der Waals surface area contributed by atoms with Gasteiger partial charge in [0.1, 0.15) is 17.3 Å². The lowest BCUT2D eigenvalue weighted by Crippen LogP contribution is -2.32. The van der Waals surface area contributed by atoms with Gasteiger partial charge in [-0.25, -0.2) is 0 Å². The molecule has 140 valence electrons. The van der Waals surface area contributed by atoms with Crippen molar-refractivity contribution in [1.82, 2.24) is 10.2 Å². The molecule has 2 aromatic rings. The molecule has 0 radical (unpaired) electrons. The third-order valence-corrected chi connectivity index (χ3v) is 4.69. The van der Waals surface area contributed by atoms with E-state index >= 15 is 0 Å². The van der Waals surface area contributed by atoms with E-state index in [1.807, 2.05) is 19.1 Å². The average Bonchev–Trinajstić information content (AvgIpc) is 2.97. The number of aryl methyl sites for hydroxylation is 1. The molecule has 3 rings (SSSR count). The van der Waals surface area contributed by atoms with Crippen molar-refractivity contribution < 1.29 is 18.7 Å². The number of rotatable bonds is 7. The van der Waals surface area contributed by atoms with Crippen LogP contribution >= 0.6 is 0 Å². The Morgan fingerprint density at radius 3 is 2.73 bits per heavy atom. The Balaban J connectivity index is 1.71. The number of furan rings is 1. The molecule has 1 aliphatic rings. The second kappa shape index (κ2) is 8.38. The Labute approximate surface area is 154 Å². The number of nitrogens with one attached hydrogen (secondary N) is 1. The Morgan fingerprint density at radius 1 is 1.27 bits per heavy atom. The highest BCUT2D eigenvalue weighted by Crippen LogP contribution is 2.29. The summed E-state index contributed by atoms with van der Waals surface area (Å²) in [6.07, 6.45) is 0.817. The van der Waals surface area contributed by atoms with E-state index in [-0.39, 0.29) is 5.91 Å². The van der Waals surface area contributed by atoms with Gasteiger partial charge in [-0.3, -0.25) is 9.69 Å². The molecular weight excluding hydrogens is 332 g/mol. The largest absolute Gasteiger partial charge is 0.497 e. The summed E-state index contributed by atoms with van der Waals surface area (Å²) < 4.78 is 16.1. The van der Waals surface area contributed by atoms with Gasteiger partial charge in [-0.05, 0) is 24.6 Å². The minimum atomic E-state index is -0.0872. The average molecular weight is 358 g/mol. The maximum atomic E-state index is 12.5. The van der Waals surface area contributed by atoms with Crippen LogP contribution in [-0.2, 0) is 24.2 Å². The highest BCUT2D eigenvalue weighted by atomic mass is 16.5. The quantitative estimate of drug-likeness (QED) is 0.771. The molecule has 0 unspecified atom stereocenters. The lowest BCUT2D eigenvalue weighted by atomic mass is 10.0. The molecule has 1 amide bonds. The van der Waals surface area contributed by atoms with Crippen molar-refractivity contribution in [2.24, 2.45) is 0 Å². The molecule has 0 saturated carbocycles. The Hall–Kier alpha value is -2.31. The van der Waals surface area contributed by atoms with Crippen molar-refractivity contribution in [3.8, 4) is 5.75 Å². The molecule has 0 atom stereocenters. The number of methoxy groups -OCH3 is 2. The van der Waals surface area contributed by atoms with Crippen molar-refractivity contribution in [2.45, 2.75) is 26.4 Å². The predicted molar refractivity (Wildman–Crippen MR) is 98.5 cm³/mol. The SMILES string of the molecule is COCCNC(=O)c1c(C)oc2c1CN(Cc1ccc(OC)cc1)CC2. The van der Waals surface area contributed by atoms with Gasteiger partial charge in [-0.1, -0.05) is 12.1 Å². The van der Waals surface area contributed by atoms with Crippen molar-refractivity contribution in [3.63, 3.8) is 0 Å². The van der Waals surface area contributed by atoms with E-state index in [4.69, 9.17) is 13.9 Å². The zero-order valence-electron chi connectivity index (χ0n) is 15.6. The van der Waals surface area contributed by atoms with Crippen LogP contribution < -0.4 is 10.1 Å². The molecule has 26 heavy (non-hydrogen) atoms. The zero-order chi connectivity index (χ0) is 18.5. The summed E-state index contributed by atoms with van der Waals surface area (Å²) in [5.41, 5.74) is 2.91. The monoisotopic (exact) mass is 358 g/mol. The maximum absolute atomic E-state index is 12.5. The lowest BCUT2D eigenvalue weighted by molar-refractivity contribution is 0.0933. The zero-order valence-corrected chi connectivity index (χ0v) is 15.6. The number of carbonyl (C=O) groups excluding carboxylic acids is 1. The first-order chi connectivity index (χ1) is 12.6. The molecule has 6 nitrogen and oxygen atoms in total. The van der Waals surface area contributed by atoms with Crippen molar-refractivity contribution in [3.05, 3.63) is 52.5 Å². The standard InChI is InChI=1S/C20H26N2O4/c1-14-19(20(23)21-9-11-24-2)17-13-22(10-8-18(17)26-14)12-15-4-6-16(25-3)7-5-15/h4-7H,8-13H2,1-3H3,(H,21,23). The van der Waals surface area contributed by atoms with Crippen LogP contribution in [0.15, 0.2) is 28.7 Å². The predicted octanol–water partition coefficient (Wildman–Crippen LogP) is 2.53. The Morgan fingerprint density at radius 2 is 2.04 bits per heavy atom. The van der Waals surface area contributed by atoms with Crippen molar-refractivity contribution in [2.75, 3.05) is 33.9 Å². The number of amides is 1. The lowest BCUT2D eigenvalue weighted by Gasteiger charge is -2.26. The molecule has 0 aliphatic carbocycles. The van der Waals surface area contributed by atoms with E-state index in [9.17, 15) is 4.79 Å². The van der Waals surface area contributed by atoms with Gasteiger partial charge in [-0.2, -0.15) is 0 Å². The summed E-state index contributed by atoms with van der Waals surface area (Å²) >= 11 is 0. The van der Waals surface area contributed by atoms with Crippen LogP contribution in [0.25, 0.3) is 0 Å². The fourth-order valence-corrected chi connectivity index (χ4v) is 3.36. The molecule has 1 aromatic carbocycles. The molecular formula is C20H26N2O4. The molecule has 0 fully saturated rings. The molecule has 1 N–H and O–H groups in total. The number of hydrogen-bond donors (Lipinski definition) is 1. The highest BCUT2D eigenvalue weighted by molar-refractivity contribution is 5.97. The highest BCUT2D eigenvalue weighted by Gasteiger charge is 2.28. The summed E-state index contributed by atoms with van der Waals surface area (Å²) in [4.78, 5) is 14.9. The van der Waals surface area contributed by atoms with Crippen molar-refractivity contribution in [1.29, 1.82) is 0 Å². The van der Waals surface area contributed by atoms with Crippen LogP contribution in [-0.4, -0.2) is 44.7 Å². The van der Waals surface area contributed by atoms with Crippen LogP contribution in [0.5, 0.6) is 5.75 Å². The van der Waals surface area contributed by atoms with Gasteiger partial charge < -0.3 is 19.2 Å². The van der Waals surface area contributed by atoms with Crippen LogP contribution in [0.1, 0.15) is 33.0 Å². The Kier molecular flexibility index (Phi) is 5.96. The van der Waals surface area contributed by atoms with Gasteiger partial charge in [0.15, 0.2) is 0 Å². The third kappa shape index (κ3) is 4.08. The minimum absolute atomic E-state index is 0.0872. The first-order valence-corrected chi connectivity index (χ1v) is 8.86. The van der Waals surface area contributed by atoms with E-state index in [1.54, 1.807) is 14.2 Å². The van der Waals surface area contributed by atoms with Gasteiger partial charge in [0, 0.05) is 45.3 Å². The van der Waals surface area contributed by atoms with Gasteiger partial charge in [0.05, 0.1) is 19.3 Å². The summed E-state index contributed by atoms with van der Waals surface area (Å²) in [6, 6.07) is 8.10. The summed E-state index contributed by atoms with van der Waals surface area (Å²) in [5.74, 6) is 2.40. The van der Waals surface area contributed by atoms with Crippen LogP contribution in [0.4, 0.5) is 0 Å². The first kappa shape index (κ1) is 18.5. The normalized spacial score (nSPS) is 14.1. The van der Waals surface area contributed by atoms with Gasteiger partial charge in [0.25, 0.3) is 5.91 Å². The van der Waals surface area contributed by atoms with Crippen LogP contribution in [0, 0.1) is 6.92 Å². The van der Waals surface area contributed by atoms with Crippen LogP contribution in [0.2, 0.25) is 0 Å². The molecule has 0 saturated heterocycles. The minimum Gasteiger partial charge on any atom is -0.497 e. The first-order valence-electron chi connectivity index (χ1n) is 8.86. The van der Waals surface area contributed by atoms with E-state index in [0.717, 1.165) is 36.6 Å². The molecule has 2 heterocycles. The fourth-order valence-electron chi connectivity index (χ4n) is 3.36. The third-order valence-electron chi connectivity index (χ3n) is 4.69. The smallest absolute Gasteiger partial charge is 0.255 e. The molecule has 1 aromatic heterocycles. The fraction of sp³-hybridized carbons (Fsp3) is 0.450.